The Bertz CT molecular complexity index is 997. The smallest absolute Gasteiger partial charge is 0.305 e. The maximum Gasteiger partial charge on any atom is 0.305 e. The average molecular weight is 903 g/mol. The van der Waals surface area contributed by atoms with Crippen LogP contribution in [-0.2, 0) is 14.3 Å². The minimum atomic E-state index is -0.848. The van der Waals surface area contributed by atoms with Gasteiger partial charge in [-0.05, 0) is 57.8 Å². The van der Waals surface area contributed by atoms with E-state index < -0.39 is 12.1 Å². The maximum atomic E-state index is 12.4. The summed E-state index contributed by atoms with van der Waals surface area (Å²) in [6.07, 6.45) is 64.9. The SMILES string of the molecule is CCCCCCCCCC/C=C/C(O)C(CO)NC(=O)CCCCCCCCC/C=C\CCCCCCCCCCOC(=O)CCCCCCCCCCCCCCCCCCCC. The molecule has 0 saturated heterocycles. The van der Waals surface area contributed by atoms with E-state index in [0.717, 1.165) is 44.9 Å². The Morgan fingerprint density at radius 2 is 0.734 bits per heavy atom. The highest BCUT2D eigenvalue weighted by molar-refractivity contribution is 5.76. The topological polar surface area (TPSA) is 95.9 Å². The molecule has 0 aromatic heterocycles. The summed E-state index contributed by atoms with van der Waals surface area (Å²) in [7, 11) is 0. The van der Waals surface area contributed by atoms with E-state index in [0.29, 0.717) is 19.4 Å². The zero-order valence-electron chi connectivity index (χ0n) is 43.0. The van der Waals surface area contributed by atoms with Crippen LogP contribution < -0.4 is 5.32 Å². The van der Waals surface area contributed by atoms with Gasteiger partial charge in [-0.2, -0.15) is 0 Å². The number of unbranched alkanes of at least 4 members (excludes halogenated alkanes) is 40. The second-order valence-corrected chi connectivity index (χ2v) is 19.6. The van der Waals surface area contributed by atoms with E-state index in [1.54, 1.807) is 6.08 Å². The Balaban J connectivity index is 3.41. The van der Waals surface area contributed by atoms with Crippen molar-refractivity contribution in [2.45, 2.75) is 321 Å². The third kappa shape index (κ3) is 49.8. The van der Waals surface area contributed by atoms with Crippen molar-refractivity contribution in [2.75, 3.05) is 13.2 Å². The van der Waals surface area contributed by atoms with Gasteiger partial charge in [-0.1, -0.05) is 263 Å². The fraction of sp³-hybridized carbons (Fsp3) is 0.897. The Labute approximate surface area is 399 Å². The van der Waals surface area contributed by atoms with Crippen LogP contribution in [0.15, 0.2) is 24.3 Å². The van der Waals surface area contributed by atoms with E-state index in [9.17, 15) is 19.8 Å². The summed E-state index contributed by atoms with van der Waals surface area (Å²) in [4.78, 5) is 24.5. The van der Waals surface area contributed by atoms with Crippen LogP contribution in [-0.4, -0.2) is 47.4 Å². The lowest BCUT2D eigenvalue weighted by molar-refractivity contribution is -0.143. The molecule has 2 unspecified atom stereocenters. The molecule has 64 heavy (non-hydrogen) atoms. The number of ether oxygens (including phenoxy) is 1. The average Bonchev–Trinajstić information content (AvgIpc) is 3.29. The highest BCUT2D eigenvalue weighted by Crippen LogP contribution is 2.17. The van der Waals surface area contributed by atoms with E-state index in [1.165, 1.54) is 238 Å². The Hall–Kier alpha value is -1.66. The molecule has 0 aliphatic rings. The van der Waals surface area contributed by atoms with Gasteiger partial charge in [0.2, 0.25) is 5.91 Å². The Kier molecular flexibility index (Phi) is 52.6. The van der Waals surface area contributed by atoms with Gasteiger partial charge in [-0.15, -0.1) is 0 Å². The number of nitrogens with one attached hydrogen (secondary N) is 1. The highest BCUT2D eigenvalue weighted by atomic mass is 16.5. The number of hydrogen-bond acceptors (Lipinski definition) is 5. The minimum absolute atomic E-state index is 0.00736. The largest absolute Gasteiger partial charge is 0.466 e. The molecule has 378 valence electrons. The van der Waals surface area contributed by atoms with Gasteiger partial charge in [0.15, 0.2) is 0 Å². The molecule has 0 aliphatic heterocycles. The van der Waals surface area contributed by atoms with Gasteiger partial charge < -0.3 is 20.3 Å². The first kappa shape index (κ1) is 62.3. The molecule has 0 fully saturated rings. The predicted molar refractivity (Wildman–Crippen MR) is 278 cm³/mol. The number of amides is 1. The van der Waals surface area contributed by atoms with Gasteiger partial charge in [0.1, 0.15) is 0 Å². The lowest BCUT2D eigenvalue weighted by Crippen LogP contribution is -2.45. The lowest BCUT2D eigenvalue weighted by Gasteiger charge is -2.20. The second-order valence-electron chi connectivity index (χ2n) is 19.6. The zero-order valence-corrected chi connectivity index (χ0v) is 43.0. The van der Waals surface area contributed by atoms with Crippen molar-refractivity contribution in [3.8, 4) is 0 Å². The van der Waals surface area contributed by atoms with Crippen LogP contribution in [0.2, 0.25) is 0 Å². The second kappa shape index (κ2) is 54.0. The molecule has 0 radical (unpaired) electrons. The number of esters is 1. The molecule has 0 heterocycles. The van der Waals surface area contributed by atoms with E-state index in [-0.39, 0.29) is 18.5 Å². The molecule has 6 nitrogen and oxygen atoms in total. The number of hydrogen-bond donors (Lipinski definition) is 3. The summed E-state index contributed by atoms with van der Waals surface area (Å²) in [5, 5.41) is 22.9. The van der Waals surface area contributed by atoms with Gasteiger partial charge in [-0.25, -0.2) is 0 Å². The van der Waals surface area contributed by atoms with Crippen LogP contribution in [0.4, 0.5) is 0 Å². The molecular weight excluding hydrogens is 791 g/mol. The molecule has 3 N–H and O–H groups in total. The van der Waals surface area contributed by atoms with Crippen LogP contribution in [0, 0.1) is 0 Å². The summed E-state index contributed by atoms with van der Waals surface area (Å²) in [6, 6.07) is -0.633. The van der Waals surface area contributed by atoms with Crippen molar-refractivity contribution < 1.29 is 24.5 Å². The van der Waals surface area contributed by atoms with Crippen LogP contribution in [0.1, 0.15) is 309 Å². The van der Waals surface area contributed by atoms with Gasteiger partial charge >= 0.3 is 5.97 Å². The normalized spacial score (nSPS) is 12.8. The van der Waals surface area contributed by atoms with Crippen LogP contribution in [0.3, 0.4) is 0 Å². The molecule has 1 amide bonds. The molecule has 0 bridgehead atoms. The van der Waals surface area contributed by atoms with Gasteiger partial charge in [-0.3, -0.25) is 9.59 Å². The first-order valence-electron chi connectivity index (χ1n) is 28.6. The third-order valence-electron chi connectivity index (χ3n) is 13.2. The van der Waals surface area contributed by atoms with E-state index in [1.807, 2.05) is 6.08 Å². The van der Waals surface area contributed by atoms with Gasteiger partial charge in [0.05, 0.1) is 25.4 Å². The van der Waals surface area contributed by atoms with Crippen molar-refractivity contribution in [3.63, 3.8) is 0 Å². The molecular formula is C58H111NO5. The standard InChI is InChI=1S/C58H111NO5/c1-3-5-7-9-11-13-15-16-17-18-23-26-29-32-36-40-44-48-52-58(63)64-53-49-45-41-37-33-30-27-24-21-19-20-22-25-28-31-35-39-43-47-51-57(62)59-55(54-60)56(61)50-46-42-38-34-14-12-10-8-6-4-2/h19-20,46,50,55-56,60-61H,3-18,21-45,47-49,51-54H2,1-2H3,(H,59,62)/b20-19-,50-46+. The quantitative estimate of drug-likeness (QED) is 0.0321. The molecule has 0 aliphatic carbocycles. The maximum absolute atomic E-state index is 12.4. The highest BCUT2D eigenvalue weighted by Gasteiger charge is 2.18. The van der Waals surface area contributed by atoms with Crippen molar-refractivity contribution >= 4 is 11.9 Å². The van der Waals surface area contributed by atoms with Crippen molar-refractivity contribution in [2.24, 2.45) is 0 Å². The minimum Gasteiger partial charge on any atom is -0.466 e. The summed E-state index contributed by atoms with van der Waals surface area (Å²) in [5.41, 5.74) is 0. The van der Waals surface area contributed by atoms with E-state index >= 15 is 0 Å². The molecule has 0 saturated carbocycles. The molecule has 0 rings (SSSR count). The summed E-state index contributed by atoms with van der Waals surface area (Å²) >= 11 is 0. The van der Waals surface area contributed by atoms with Gasteiger partial charge in [0.25, 0.3) is 0 Å². The monoisotopic (exact) mass is 902 g/mol. The van der Waals surface area contributed by atoms with E-state index in [2.05, 4.69) is 31.3 Å². The fourth-order valence-electron chi connectivity index (χ4n) is 8.81. The number of carbonyl (C=O) groups is 2. The van der Waals surface area contributed by atoms with Crippen molar-refractivity contribution in [1.82, 2.24) is 5.32 Å². The number of allylic oxidation sites excluding steroid dienone is 3. The Morgan fingerprint density at radius 1 is 0.422 bits per heavy atom. The predicted octanol–water partition coefficient (Wildman–Crippen LogP) is 17.5. The zero-order chi connectivity index (χ0) is 46.5. The van der Waals surface area contributed by atoms with Crippen LogP contribution >= 0.6 is 0 Å². The van der Waals surface area contributed by atoms with Crippen molar-refractivity contribution in [3.05, 3.63) is 24.3 Å². The lowest BCUT2D eigenvalue weighted by atomic mass is 10.0. The number of aliphatic hydroxyl groups is 2. The third-order valence-corrected chi connectivity index (χ3v) is 13.2. The first-order chi connectivity index (χ1) is 31.5. The van der Waals surface area contributed by atoms with Crippen molar-refractivity contribution in [1.29, 1.82) is 0 Å². The van der Waals surface area contributed by atoms with Crippen LogP contribution in [0.5, 0.6) is 0 Å². The molecule has 0 aromatic carbocycles. The molecule has 0 spiro atoms. The number of carbonyl (C=O) groups excluding carboxylic acids is 2. The summed E-state index contributed by atoms with van der Waals surface area (Å²) in [6.45, 7) is 4.88. The van der Waals surface area contributed by atoms with E-state index in [4.69, 9.17) is 4.74 Å². The molecule has 6 heteroatoms. The van der Waals surface area contributed by atoms with Crippen LogP contribution in [0.25, 0.3) is 0 Å². The molecule has 0 aromatic rings. The summed E-state index contributed by atoms with van der Waals surface area (Å²) < 4.78 is 5.49. The molecule has 2 atom stereocenters. The fourth-order valence-corrected chi connectivity index (χ4v) is 8.81. The Morgan fingerprint density at radius 3 is 1.11 bits per heavy atom. The summed E-state index contributed by atoms with van der Waals surface area (Å²) in [5.74, 6) is -0.0718. The van der Waals surface area contributed by atoms with Gasteiger partial charge in [0, 0.05) is 12.8 Å². The number of rotatable bonds is 53. The first-order valence-corrected chi connectivity index (χ1v) is 28.6. The number of aliphatic hydroxyl groups excluding tert-OH is 2.